The fraction of sp³-hybridized carbons (Fsp3) is 0.455. The quantitative estimate of drug-likeness (QED) is 0.814. The highest BCUT2D eigenvalue weighted by Gasteiger charge is 2.25. The number of sulfonamides is 1. The Morgan fingerprint density at radius 1 is 1.39 bits per heavy atom. The molecule has 2 rings (SSSR count). The van der Waals surface area contributed by atoms with Crippen LogP contribution in [0, 0.1) is 0 Å². The summed E-state index contributed by atoms with van der Waals surface area (Å²) in [4.78, 5) is 0.859. The largest absolute Gasteiger partial charge is 0.399 e. The van der Waals surface area contributed by atoms with Crippen molar-refractivity contribution in [1.29, 1.82) is 0 Å². The Balaban J connectivity index is 2.26. The number of ether oxygens (including phenoxy) is 1. The van der Waals surface area contributed by atoms with Crippen molar-refractivity contribution < 1.29 is 13.2 Å². The summed E-state index contributed by atoms with van der Waals surface area (Å²) in [6.45, 7) is 2.75. The van der Waals surface area contributed by atoms with Gasteiger partial charge < -0.3 is 10.5 Å². The summed E-state index contributed by atoms with van der Waals surface area (Å²) in [5.41, 5.74) is 6.10. The number of benzene rings is 1. The zero-order valence-corrected chi connectivity index (χ0v) is 11.6. The molecule has 100 valence electrons. The molecular weight excluding hydrogens is 272 g/mol. The van der Waals surface area contributed by atoms with Crippen molar-refractivity contribution in [3.8, 4) is 0 Å². The van der Waals surface area contributed by atoms with Gasteiger partial charge in [0.1, 0.15) is 0 Å². The Hall–Kier alpha value is -0.760. The Morgan fingerprint density at radius 2 is 2.11 bits per heavy atom. The van der Waals surface area contributed by atoms with Gasteiger partial charge in [0, 0.05) is 22.4 Å². The Labute approximate surface area is 111 Å². The lowest BCUT2D eigenvalue weighted by Crippen LogP contribution is -2.14. The Bertz CT molecular complexity index is 545. The van der Waals surface area contributed by atoms with E-state index in [4.69, 9.17) is 15.6 Å². The molecule has 18 heavy (non-hydrogen) atoms. The van der Waals surface area contributed by atoms with Gasteiger partial charge in [-0.2, -0.15) is 0 Å². The van der Waals surface area contributed by atoms with Gasteiger partial charge in [0.25, 0.3) is 0 Å². The van der Waals surface area contributed by atoms with E-state index in [2.05, 4.69) is 0 Å². The molecule has 7 heteroatoms. The molecule has 0 aliphatic carbocycles. The SMILES string of the molecule is CC1OCCC1Sc1cc(N)cc(S(N)(=O)=O)c1. The van der Waals surface area contributed by atoms with Crippen LogP contribution in [-0.2, 0) is 14.8 Å². The normalized spacial score (nSPS) is 24.3. The molecule has 1 aliphatic heterocycles. The lowest BCUT2D eigenvalue weighted by molar-refractivity contribution is 0.127. The second-order valence-corrected chi connectivity index (χ2v) is 7.18. The minimum atomic E-state index is -3.72. The third-order valence-corrected chi connectivity index (χ3v) is 5.15. The first-order valence-electron chi connectivity index (χ1n) is 5.58. The van der Waals surface area contributed by atoms with Crippen molar-refractivity contribution in [2.75, 3.05) is 12.3 Å². The molecule has 0 amide bonds. The van der Waals surface area contributed by atoms with Gasteiger partial charge in [-0.3, -0.25) is 0 Å². The predicted molar refractivity (Wildman–Crippen MR) is 71.9 cm³/mol. The minimum absolute atomic E-state index is 0.0524. The summed E-state index contributed by atoms with van der Waals surface area (Å²) >= 11 is 1.58. The van der Waals surface area contributed by atoms with Crippen LogP contribution >= 0.6 is 11.8 Å². The molecule has 1 fully saturated rings. The maximum atomic E-state index is 11.3. The zero-order chi connectivity index (χ0) is 13.3. The molecule has 1 aliphatic rings. The molecular formula is C11H16N2O3S2. The maximum Gasteiger partial charge on any atom is 0.238 e. The third-order valence-electron chi connectivity index (χ3n) is 2.83. The summed E-state index contributed by atoms with van der Waals surface area (Å²) in [6.07, 6.45) is 1.11. The summed E-state index contributed by atoms with van der Waals surface area (Å²) < 4.78 is 28.1. The number of rotatable bonds is 3. The van der Waals surface area contributed by atoms with Crippen LogP contribution in [0.3, 0.4) is 0 Å². The van der Waals surface area contributed by atoms with E-state index in [1.165, 1.54) is 6.07 Å². The van der Waals surface area contributed by atoms with E-state index in [9.17, 15) is 8.42 Å². The molecule has 1 aromatic carbocycles. The van der Waals surface area contributed by atoms with Gasteiger partial charge in [-0.15, -0.1) is 11.8 Å². The zero-order valence-electron chi connectivity index (χ0n) is 10.00. The maximum absolute atomic E-state index is 11.3. The molecule has 0 radical (unpaired) electrons. The highest BCUT2D eigenvalue weighted by atomic mass is 32.2. The summed E-state index contributed by atoms with van der Waals surface area (Å²) in [7, 11) is -3.72. The van der Waals surface area contributed by atoms with Crippen molar-refractivity contribution in [2.24, 2.45) is 5.14 Å². The van der Waals surface area contributed by atoms with Gasteiger partial charge in [-0.05, 0) is 31.5 Å². The van der Waals surface area contributed by atoms with Gasteiger partial charge in [0.2, 0.25) is 10.0 Å². The van der Waals surface area contributed by atoms with Crippen LogP contribution in [-0.4, -0.2) is 26.4 Å². The summed E-state index contributed by atoms with van der Waals surface area (Å²) in [5, 5.41) is 5.43. The first-order valence-corrected chi connectivity index (χ1v) is 8.00. The molecule has 0 saturated carbocycles. The van der Waals surface area contributed by atoms with Gasteiger partial charge >= 0.3 is 0 Å². The van der Waals surface area contributed by atoms with E-state index < -0.39 is 10.0 Å². The third kappa shape index (κ3) is 3.17. The van der Waals surface area contributed by atoms with E-state index in [0.717, 1.165) is 17.9 Å². The van der Waals surface area contributed by atoms with Crippen LogP contribution in [0.2, 0.25) is 0 Å². The second kappa shape index (κ2) is 5.08. The minimum Gasteiger partial charge on any atom is -0.399 e. The summed E-state index contributed by atoms with van der Waals surface area (Å²) in [5.74, 6) is 0. The molecule has 1 heterocycles. The molecule has 5 nitrogen and oxygen atoms in total. The second-order valence-electron chi connectivity index (χ2n) is 4.30. The standard InChI is InChI=1S/C11H16N2O3S2/c1-7-11(2-3-16-7)17-9-4-8(12)5-10(6-9)18(13,14)15/h4-7,11H,2-3,12H2,1H3,(H2,13,14,15). The molecule has 1 aromatic rings. The van der Waals surface area contributed by atoms with Gasteiger partial charge in [0.15, 0.2) is 0 Å². The average Bonchev–Trinajstić information content (AvgIpc) is 2.62. The highest BCUT2D eigenvalue weighted by Crippen LogP contribution is 2.34. The van der Waals surface area contributed by atoms with E-state index in [1.54, 1.807) is 23.9 Å². The molecule has 0 bridgehead atoms. The van der Waals surface area contributed by atoms with E-state index >= 15 is 0 Å². The lowest BCUT2D eigenvalue weighted by Gasteiger charge is -2.14. The van der Waals surface area contributed by atoms with Crippen LogP contribution in [0.5, 0.6) is 0 Å². The molecule has 2 unspecified atom stereocenters. The van der Waals surface area contributed by atoms with Crippen molar-refractivity contribution in [1.82, 2.24) is 0 Å². The number of primary sulfonamides is 1. The molecule has 0 spiro atoms. The lowest BCUT2D eigenvalue weighted by atomic mass is 10.3. The van der Waals surface area contributed by atoms with E-state index in [-0.39, 0.29) is 11.0 Å². The van der Waals surface area contributed by atoms with Crippen LogP contribution in [0.25, 0.3) is 0 Å². The van der Waals surface area contributed by atoms with Crippen molar-refractivity contribution in [3.63, 3.8) is 0 Å². The van der Waals surface area contributed by atoms with E-state index in [1.807, 2.05) is 6.92 Å². The van der Waals surface area contributed by atoms with Gasteiger partial charge in [0.05, 0.1) is 11.0 Å². The van der Waals surface area contributed by atoms with Crippen molar-refractivity contribution in [3.05, 3.63) is 18.2 Å². The van der Waals surface area contributed by atoms with Crippen molar-refractivity contribution in [2.45, 2.75) is 34.5 Å². The molecule has 2 atom stereocenters. The first-order chi connectivity index (χ1) is 8.36. The summed E-state index contributed by atoms with van der Waals surface area (Å²) in [6, 6.07) is 4.68. The topological polar surface area (TPSA) is 95.4 Å². The van der Waals surface area contributed by atoms with Crippen molar-refractivity contribution >= 4 is 27.5 Å². The molecule has 4 N–H and O–H groups in total. The fourth-order valence-corrected chi connectivity index (χ4v) is 3.77. The van der Waals surface area contributed by atoms with E-state index in [0.29, 0.717) is 10.9 Å². The number of hydrogen-bond donors (Lipinski definition) is 2. The van der Waals surface area contributed by atoms with Crippen LogP contribution in [0.4, 0.5) is 5.69 Å². The fourth-order valence-electron chi connectivity index (χ4n) is 1.87. The van der Waals surface area contributed by atoms with Gasteiger partial charge in [-0.25, -0.2) is 13.6 Å². The molecule has 1 saturated heterocycles. The smallest absolute Gasteiger partial charge is 0.238 e. The number of anilines is 1. The van der Waals surface area contributed by atoms with Gasteiger partial charge in [-0.1, -0.05) is 0 Å². The number of nitrogens with two attached hydrogens (primary N) is 2. The predicted octanol–water partition coefficient (Wildman–Crippen LogP) is 1.19. The molecule has 0 aromatic heterocycles. The highest BCUT2D eigenvalue weighted by molar-refractivity contribution is 8.00. The number of hydrogen-bond acceptors (Lipinski definition) is 5. The van der Waals surface area contributed by atoms with Crippen LogP contribution in [0.1, 0.15) is 13.3 Å². The van der Waals surface area contributed by atoms with Crippen LogP contribution < -0.4 is 10.9 Å². The average molecular weight is 288 g/mol. The number of thioether (sulfide) groups is 1. The monoisotopic (exact) mass is 288 g/mol. The number of nitrogen functional groups attached to an aromatic ring is 1. The van der Waals surface area contributed by atoms with Crippen LogP contribution in [0.15, 0.2) is 28.0 Å². The Kier molecular flexibility index (Phi) is 3.86. The Morgan fingerprint density at radius 3 is 2.67 bits per heavy atom. The first kappa shape index (κ1) is 13.7.